The Labute approximate surface area is 222 Å². The fraction of sp³-hybridized carbons (Fsp3) is 0.259. The lowest BCUT2D eigenvalue weighted by atomic mass is 10.1. The van der Waals surface area contributed by atoms with E-state index >= 15 is 0 Å². The molecule has 1 unspecified atom stereocenters. The number of nitrogens with one attached hydrogen (secondary N) is 1. The molecule has 0 fully saturated rings. The highest BCUT2D eigenvalue weighted by Gasteiger charge is 2.33. The van der Waals surface area contributed by atoms with E-state index in [4.69, 9.17) is 16.3 Å². The van der Waals surface area contributed by atoms with Crippen LogP contribution in [0.5, 0.6) is 5.75 Å². The van der Waals surface area contributed by atoms with Crippen LogP contribution in [0.1, 0.15) is 19.4 Å². The van der Waals surface area contributed by atoms with E-state index < -0.39 is 28.5 Å². The van der Waals surface area contributed by atoms with Crippen molar-refractivity contribution in [1.82, 2.24) is 10.2 Å². The van der Waals surface area contributed by atoms with Gasteiger partial charge < -0.3 is 15.0 Å². The molecule has 3 rings (SSSR count). The monoisotopic (exact) mass is 543 g/mol. The van der Waals surface area contributed by atoms with Crippen LogP contribution in [0, 0.1) is 0 Å². The highest BCUT2D eigenvalue weighted by molar-refractivity contribution is 7.92. The lowest BCUT2D eigenvalue weighted by Gasteiger charge is -2.32. The SMILES string of the molecule is CCNC(=O)C(C)N(Cc1cccc(Cl)c1)C(=O)CN(c1ccccc1OC)S(=O)(=O)c1ccccc1. The van der Waals surface area contributed by atoms with E-state index in [9.17, 15) is 18.0 Å². The summed E-state index contributed by atoms with van der Waals surface area (Å²) in [5.74, 6) is -0.634. The molecule has 0 radical (unpaired) electrons. The predicted molar refractivity (Wildman–Crippen MR) is 144 cm³/mol. The van der Waals surface area contributed by atoms with Gasteiger partial charge in [-0.25, -0.2) is 8.42 Å². The van der Waals surface area contributed by atoms with E-state index in [0.29, 0.717) is 17.1 Å². The molecule has 196 valence electrons. The van der Waals surface area contributed by atoms with Gasteiger partial charge in [-0.2, -0.15) is 0 Å². The van der Waals surface area contributed by atoms with Crippen LogP contribution in [0.25, 0.3) is 0 Å². The first kappa shape index (κ1) is 28.0. The van der Waals surface area contributed by atoms with E-state index in [0.717, 1.165) is 4.31 Å². The Morgan fingerprint density at radius 1 is 1.00 bits per heavy atom. The van der Waals surface area contributed by atoms with Gasteiger partial charge in [-0.05, 0) is 55.8 Å². The molecular formula is C27H30ClN3O5S. The number of carbonyl (C=O) groups is 2. The van der Waals surface area contributed by atoms with Crippen molar-refractivity contribution in [2.75, 3.05) is 24.5 Å². The first-order chi connectivity index (χ1) is 17.7. The molecule has 0 heterocycles. The molecular weight excluding hydrogens is 514 g/mol. The Kier molecular flexibility index (Phi) is 9.54. The fourth-order valence-electron chi connectivity index (χ4n) is 3.81. The molecule has 1 atom stereocenters. The van der Waals surface area contributed by atoms with E-state index in [1.165, 1.54) is 24.1 Å². The number of halogens is 1. The summed E-state index contributed by atoms with van der Waals surface area (Å²) in [5, 5.41) is 3.21. The molecule has 0 saturated carbocycles. The van der Waals surface area contributed by atoms with E-state index in [1.54, 1.807) is 80.6 Å². The molecule has 10 heteroatoms. The zero-order valence-corrected chi connectivity index (χ0v) is 22.5. The van der Waals surface area contributed by atoms with E-state index in [1.807, 2.05) is 0 Å². The molecule has 3 aromatic carbocycles. The number of benzene rings is 3. The summed E-state index contributed by atoms with van der Waals surface area (Å²) in [6, 6.07) is 20.5. The maximum atomic E-state index is 13.8. The molecule has 8 nitrogen and oxygen atoms in total. The van der Waals surface area contributed by atoms with E-state index in [-0.39, 0.29) is 28.8 Å². The van der Waals surface area contributed by atoms with Crippen LogP contribution in [0.15, 0.2) is 83.8 Å². The number of likely N-dealkylation sites (N-methyl/N-ethyl adjacent to an activating group) is 1. The van der Waals surface area contributed by atoms with Crippen molar-refractivity contribution >= 4 is 39.1 Å². The minimum absolute atomic E-state index is 0.0203. The van der Waals surface area contributed by atoms with Crippen LogP contribution >= 0.6 is 11.6 Å². The molecule has 0 aromatic heterocycles. The molecule has 37 heavy (non-hydrogen) atoms. The van der Waals surface area contributed by atoms with Gasteiger partial charge in [0.1, 0.15) is 18.3 Å². The Morgan fingerprint density at radius 3 is 2.32 bits per heavy atom. The largest absolute Gasteiger partial charge is 0.495 e. The molecule has 0 aliphatic rings. The smallest absolute Gasteiger partial charge is 0.264 e. The summed E-state index contributed by atoms with van der Waals surface area (Å²) in [4.78, 5) is 27.9. The highest BCUT2D eigenvalue weighted by Crippen LogP contribution is 2.32. The molecule has 0 saturated heterocycles. The maximum Gasteiger partial charge on any atom is 0.264 e. The van der Waals surface area contributed by atoms with Crippen molar-refractivity contribution in [1.29, 1.82) is 0 Å². The summed E-state index contributed by atoms with van der Waals surface area (Å²) >= 11 is 6.14. The van der Waals surface area contributed by atoms with Crippen LogP contribution in [-0.4, -0.2) is 51.4 Å². The maximum absolute atomic E-state index is 13.8. The standard InChI is InChI=1S/C27H30ClN3O5S/c1-4-29-27(33)20(2)30(18-21-11-10-12-22(28)17-21)26(32)19-31(24-15-8-9-16-25(24)36-3)37(34,35)23-13-6-5-7-14-23/h5-17,20H,4,18-19H2,1-3H3,(H,29,33). The number of methoxy groups -OCH3 is 1. The summed E-state index contributed by atoms with van der Waals surface area (Å²) in [6.45, 7) is 3.28. The van der Waals surface area contributed by atoms with Crippen molar-refractivity contribution < 1.29 is 22.7 Å². The Hall–Kier alpha value is -3.56. The Bertz CT molecular complexity index is 1330. The van der Waals surface area contributed by atoms with Gasteiger partial charge >= 0.3 is 0 Å². The number of hydrogen-bond donors (Lipinski definition) is 1. The van der Waals surface area contributed by atoms with E-state index in [2.05, 4.69) is 5.32 Å². The fourth-order valence-corrected chi connectivity index (χ4v) is 5.46. The van der Waals surface area contributed by atoms with Crippen molar-refractivity contribution in [2.24, 2.45) is 0 Å². The zero-order chi connectivity index (χ0) is 27.0. The number of rotatable bonds is 11. The van der Waals surface area contributed by atoms with Crippen LogP contribution in [0.4, 0.5) is 5.69 Å². The molecule has 0 bridgehead atoms. The molecule has 2 amide bonds. The van der Waals surface area contributed by atoms with Gasteiger partial charge in [0.2, 0.25) is 11.8 Å². The number of nitrogens with zero attached hydrogens (tertiary/aromatic N) is 2. The Morgan fingerprint density at radius 2 is 1.68 bits per heavy atom. The molecule has 0 aliphatic carbocycles. The van der Waals surface area contributed by atoms with Gasteiger partial charge in [-0.15, -0.1) is 0 Å². The number of ether oxygens (including phenoxy) is 1. The molecule has 3 aromatic rings. The summed E-state index contributed by atoms with van der Waals surface area (Å²) in [5.41, 5.74) is 0.905. The van der Waals surface area contributed by atoms with Gasteiger partial charge in [0.15, 0.2) is 0 Å². The molecule has 0 aliphatic heterocycles. The van der Waals surface area contributed by atoms with Crippen LogP contribution in [-0.2, 0) is 26.2 Å². The van der Waals surface area contributed by atoms with Gasteiger partial charge in [0.25, 0.3) is 10.0 Å². The Balaban J connectivity index is 2.06. The van der Waals surface area contributed by atoms with Crippen LogP contribution < -0.4 is 14.4 Å². The van der Waals surface area contributed by atoms with Crippen molar-refractivity contribution in [3.8, 4) is 5.75 Å². The van der Waals surface area contributed by atoms with Crippen molar-refractivity contribution in [3.05, 3.63) is 89.4 Å². The third-order valence-corrected chi connectivity index (χ3v) is 7.73. The minimum Gasteiger partial charge on any atom is -0.495 e. The topological polar surface area (TPSA) is 96.0 Å². The number of anilines is 1. The lowest BCUT2D eigenvalue weighted by molar-refractivity contribution is -0.139. The predicted octanol–water partition coefficient (Wildman–Crippen LogP) is 4.10. The second kappa shape index (κ2) is 12.6. The number of sulfonamides is 1. The summed E-state index contributed by atoms with van der Waals surface area (Å²) < 4.78 is 34.0. The number of carbonyl (C=O) groups excluding carboxylic acids is 2. The first-order valence-electron chi connectivity index (χ1n) is 11.7. The van der Waals surface area contributed by atoms with Crippen molar-refractivity contribution in [2.45, 2.75) is 31.3 Å². The van der Waals surface area contributed by atoms with Crippen LogP contribution in [0.3, 0.4) is 0 Å². The normalized spacial score (nSPS) is 11.9. The third-order valence-electron chi connectivity index (χ3n) is 5.72. The number of hydrogen-bond acceptors (Lipinski definition) is 5. The average molecular weight is 544 g/mol. The second-order valence-corrected chi connectivity index (χ2v) is 10.5. The highest BCUT2D eigenvalue weighted by atomic mass is 35.5. The average Bonchev–Trinajstić information content (AvgIpc) is 2.90. The number of amides is 2. The van der Waals surface area contributed by atoms with Crippen molar-refractivity contribution in [3.63, 3.8) is 0 Å². The number of para-hydroxylation sites is 2. The third kappa shape index (κ3) is 6.81. The molecule has 0 spiro atoms. The first-order valence-corrected chi connectivity index (χ1v) is 13.5. The minimum atomic E-state index is -4.17. The molecule has 1 N–H and O–H groups in total. The quantitative estimate of drug-likeness (QED) is 0.393. The second-order valence-electron chi connectivity index (χ2n) is 8.22. The van der Waals surface area contributed by atoms with Gasteiger partial charge in [-0.3, -0.25) is 13.9 Å². The van der Waals surface area contributed by atoms with Gasteiger partial charge in [0, 0.05) is 18.1 Å². The zero-order valence-electron chi connectivity index (χ0n) is 20.9. The summed E-state index contributed by atoms with van der Waals surface area (Å²) in [7, 11) is -2.74. The lowest BCUT2D eigenvalue weighted by Crippen LogP contribution is -2.51. The van der Waals surface area contributed by atoms with Gasteiger partial charge in [-0.1, -0.05) is 54.1 Å². The van der Waals surface area contributed by atoms with Crippen LogP contribution in [0.2, 0.25) is 5.02 Å². The summed E-state index contributed by atoms with van der Waals surface area (Å²) in [6.07, 6.45) is 0. The van der Waals surface area contributed by atoms with Gasteiger partial charge in [0.05, 0.1) is 17.7 Å².